The molecule has 0 aromatic carbocycles. The van der Waals surface area contributed by atoms with Crippen LogP contribution in [0.2, 0.25) is 0 Å². The number of hydrogen-bond acceptors (Lipinski definition) is 4. The van der Waals surface area contributed by atoms with Crippen molar-refractivity contribution >= 4 is 17.7 Å². The van der Waals surface area contributed by atoms with E-state index in [-0.39, 0.29) is 5.76 Å². The molecule has 1 aromatic heterocycles. The van der Waals surface area contributed by atoms with E-state index in [1.807, 2.05) is 0 Å². The Morgan fingerprint density at radius 2 is 2.11 bits per heavy atom. The molecule has 96 valence electrons. The van der Waals surface area contributed by atoms with Gasteiger partial charge in [0.2, 0.25) is 0 Å². The van der Waals surface area contributed by atoms with Crippen molar-refractivity contribution in [1.29, 1.82) is 0 Å². The smallest absolute Gasteiger partial charge is 0.326 e. The summed E-state index contributed by atoms with van der Waals surface area (Å²) in [4.78, 5) is 35.9. The average molecular weight is 251 g/mol. The third-order valence-electron chi connectivity index (χ3n) is 2.99. The van der Waals surface area contributed by atoms with E-state index in [0.717, 1.165) is 11.3 Å². The molecule has 1 unspecified atom stereocenters. The van der Waals surface area contributed by atoms with Gasteiger partial charge >= 0.3 is 5.97 Å². The highest BCUT2D eigenvalue weighted by atomic mass is 16.4. The Balaban J connectivity index is 2.16. The van der Waals surface area contributed by atoms with Crippen LogP contribution < -0.4 is 0 Å². The van der Waals surface area contributed by atoms with Crippen molar-refractivity contribution in [2.24, 2.45) is 0 Å². The van der Waals surface area contributed by atoms with E-state index in [4.69, 9.17) is 9.52 Å². The molecule has 6 heteroatoms. The number of hydrogen-bond donors (Lipinski definition) is 1. The van der Waals surface area contributed by atoms with Crippen molar-refractivity contribution in [3.8, 4) is 0 Å². The number of furan rings is 1. The molecule has 6 nitrogen and oxygen atoms in total. The number of Topliss-reactive ketones (excluding diaryl/α,β-unsaturated/α-hetero) is 1. The maximum absolute atomic E-state index is 12.0. The van der Waals surface area contributed by atoms with Crippen LogP contribution in [0, 0.1) is 0 Å². The Morgan fingerprint density at radius 3 is 2.72 bits per heavy atom. The second kappa shape index (κ2) is 5.03. The van der Waals surface area contributed by atoms with Crippen LogP contribution >= 0.6 is 0 Å². The molecule has 18 heavy (non-hydrogen) atoms. The molecule has 1 aromatic rings. The van der Waals surface area contributed by atoms with Gasteiger partial charge in [0.15, 0.2) is 5.76 Å². The van der Waals surface area contributed by atoms with E-state index in [2.05, 4.69) is 0 Å². The number of carboxylic acids is 1. The first-order valence-electron chi connectivity index (χ1n) is 5.73. The first kappa shape index (κ1) is 12.3. The minimum absolute atomic E-state index is 0.0605. The molecule has 1 aliphatic rings. The van der Waals surface area contributed by atoms with Crippen molar-refractivity contribution in [1.82, 2.24) is 4.90 Å². The topological polar surface area (TPSA) is 87.8 Å². The van der Waals surface area contributed by atoms with E-state index >= 15 is 0 Å². The lowest BCUT2D eigenvalue weighted by Gasteiger charge is -2.32. The minimum Gasteiger partial charge on any atom is -0.480 e. The first-order valence-corrected chi connectivity index (χ1v) is 5.73. The van der Waals surface area contributed by atoms with Crippen molar-refractivity contribution in [3.05, 3.63) is 24.2 Å². The zero-order chi connectivity index (χ0) is 13.1. The molecule has 1 amide bonds. The van der Waals surface area contributed by atoms with E-state index in [9.17, 15) is 14.4 Å². The fourth-order valence-corrected chi connectivity index (χ4v) is 2.07. The van der Waals surface area contributed by atoms with Gasteiger partial charge in [0.1, 0.15) is 6.04 Å². The number of carbonyl (C=O) groups excluding carboxylic acids is 2. The molecule has 1 aliphatic heterocycles. The molecule has 0 bridgehead atoms. The Morgan fingerprint density at radius 1 is 1.33 bits per heavy atom. The Labute approximate surface area is 103 Å². The molecule has 0 spiro atoms. The summed E-state index contributed by atoms with van der Waals surface area (Å²) in [6.07, 6.45) is 3.13. The van der Waals surface area contributed by atoms with Gasteiger partial charge in [0.05, 0.1) is 6.26 Å². The second-order valence-corrected chi connectivity index (χ2v) is 4.15. The second-order valence-electron chi connectivity index (χ2n) is 4.15. The van der Waals surface area contributed by atoms with Crippen LogP contribution in [0.1, 0.15) is 29.8 Å². The van der Waals surface area contributed by atoms with Crippen LogP contribution in [-0.4, -0.2) is 40.3 Å². The summed E-state index contributed by atoms with van der Waals surface area (Å²) in [5.41, 5.74) is 0. The maximum Gasteiger partial charge on any atom is 0.326 e. The van der Waals surface area contributed by atoms with E-state index in [1.54, 1.807) is 0 Å². The number of likely N-dealkylation sites (tertiary alicyclic amines) is 1. The van der Waals surface area contributed by atoms with Gasteiger partial charge in [-0.1, -0.05) is 0 Å². The number of carboxylic acid groups (broad SMARTS) is 1. The zero-order valence-corrected chi connectivity index (χ0v) is 9.67. The summed E-state index contributed by atoms with van der Waals surface area (Å²) < 4.78 is 4.86. The van der Waals surface area contributed by atoms with Crippen LogP contribution in [0.3, 0.4) is 0 Å². The SMILES string of the molecule is O=C(C(=O)N1CCCCC1C(=O)O)c1ccco1. The van der Waals surface area contributed by atoms with Crippen molar-refractivity contribution < 1.29 is 23.9 Å². The Kier molecular flexibility index (Phi) is 3.45. The highest BCUT2D eigenvalue weighted by Crippen LogP contribution is 2.18. The van der Waals surface area contributed by atoms with Crippen LogP contribution in [-0.2, 0) is 9.59 Å². The van der Waals surface area contributed by atoms with Gasteiger partial charge in [-0.15, -0.1) is 0 Å². The van der Waals surface area contributed by atoms with Gasteiger partial charge < -0.3 is 14.4 Å². The first-order chi connectivity index (χ1) is 8.61. The number of nitrogens with zero attached hydrogens (tertiary/aromatic N) is 1. The average Bonchev–Trinajstić information content (AvgIpc) is 2.90. The lowest BCUT2D eigenvalue weighted by Crippen LogP contribution is -2.50. The van der Waals surface area contributed by atoms with Crippen molar-refractivity contribution in [2.45, 2.75) is 25.3 Å². The van der Waals surface area contributed by atoms with Crippen LogP contribution in [0.15, 0.2) is 22.8 Å². The Bertz CT molecular complexity index is 465. The molecule has 2 rings (SSSR count). The summed E-state index contributed by atoms with van der Waals surface area (Å²) in [6.45, 7) is 0.294. The fourth-order valence-electron chi connectivity index (χ4n) is 2.07. The predicted octanol–water partition coefficient (Wildman–Crippen LogP) is 0.928. The molecule has 1 fully saturated rings. The molecule has 1 N–H and O–H groups in total. The maximum atomic E-state index is 12.0. The highest BCUT2D eigenvalue weighted by molar-refractivity contribution is 6.42. The molecule has 0 radical (unpaired) electrons. The molecule has 1 saturated heterocycles. The van der Waals surface area contributed by atoms with Gasteiger partial charge in [0.25, 0.3) is 11.7 Å². The van der Waals surface area contributed by atoms with Gasteiger partial charge in [-0.3, -0.25) is 9.59 Å². The number of aliphatic carboxylic acids is 1. The third-order valence-corrected chi connectivity index (χ3v) is 2.99. The predicted molar refractivity (Wildman–Crippen MR) is 60.0 cm³/mol. The fraction of sp³-hybridized carbons (Fsp3) is 0.417. The summed E-state index contributed by atoms with van der Waals surface area (Å²) >= 11 is 0. The van der Waals surface area contributed by atoms with Gasteiger partial charge in [-0.25, -0.2) is 4.79 Å². The van der Waals surface area contributed by atoms with E-state index in [1.165, 1.54) is 18.4 Å². The summed E-state index contributed by atoms with van der Waals surface area (Å²) in [5.74, 6) is -2.74. The number of piperidine rings is 1. The third kappa shape index (κ3) is 2.27. The monoisotopic (exact) mass is 251 g/mol. The van der Waals surface area contributed by atoms with Crippen molar-refractivity contribution in [2.75, 3.05) is 6.54 Å². The van der Waals surface area contributed by atoms with Gasteiger partial charge in [0, 0.05) is 6.54 Å². The van der Waals surface area contributed by atoms with E-state index < -0.39 is 23.7 Å². The van der Waals surface area contributed by atoms with Crippen LogP contribution in [0.25, 0.3) is 0 Å². The largest absolute Gasteiger partial charge is 0.480 e. The number of carbonyl (C=O) groups is 3. The molecule has 2 heterocycles. The normalized spacial score (nSPS) is 19.6. The van der Waals surface area contributed by atoms with Gasteiger partial charge in [-0.05, 0) is 31.4 Å². The summed E-state index contributed by atoms with van der Waals surface area (Å²) in [6, 6.07) is 1.98. The quantitative estimate of drug-likeness (QED) is 0.637. The number of amides is 1. The lowest BCUT2D eigenvalue weighted by atomic mass is 10.0. The molecular weight excluding hydrogens is 238 g/mol. The lowest BCUT2D eigenvalue weighted by molar-refractivity contribution is -0.150. The van der Waals surface area contributed by atoms with Crippen LogP contribution in [0.4, 0.5) is 0 Å². The number of ketones is 1. The van der Waals surface area contributed by atoms with Crippen LogP contribution in [0.5, 0.6) is 0 Å². The van der Waals surface area contributed by atoms with Crippen molar-refractivity contribution in [3.63, 3.8) is 0 Å². The molecule has 0 aliphatic carbocycles. The molecule has 1 atom stereocenters. The zero-order valence-electron chi connectivity index (χ0n) is 9.67. The van der Waals surface area contributed by atoms with Gasteiger partial charge in [-0.2, -0.15) is 0 Å². The Hall–Kier alpha value is -2.11. The minimum atomic E-state index is -1.07. The highest BCUT2D eigenvalue weighted by Gasteiger charge is 2.35. The number of rotatable bonds is 3. The molecule has 0 saturated carbocycles. The standard InChI is InChI=1S/C12H13NO5/c14-10(9-5-3-7-18-9)11(15)13-6-2-1-4-8(13)12(16)17/h3,5,7-8H,1-2,4,6H2,(H,16,17). The molecular formula is C12H13NO5. The summed E-state index contributed by atoms with van der Waals surface area (Å²) in [7, 11) is 0. The van der Waals surface area contributed by atoms with E-state index in [0.29, 0.717) is 19.4 Å². The summed E-state index contributed by atoms with van der Waals surface area (Å²) in [5, 5.41) is 9.04.